The van der Waals surface area contributed by atoms with Gasteiger partial charge in [-0.2, -0.15) is 0 Å². The highest BCUT2D eigenvalue weighted by atomic mass is 16.2. The topological polar surface area (TPSA) is 52.7 Å². The van der Waals surface area contributed by atoms with Gasteiger partial charge >= 0.3 is 0 Å². The molecule has 2 amide bonds. The van der Waals surface area contributed by atoms with Crippen molar-refractivity contribution in [1.82, 2.24) is 4.90 Å². The van der Waals surface area contributed by atoms with Gasteiger partial charge in [-0.25, -0.2) is 0 Å². The molecule has 1 N–H and O–H groups in total. The fourth-order valence-electron chi connectivity index (χ4n) is 4.15. The molecule has 1 unspecified atom stereocenters. The minimum Gasteiger partial charge on any atom is -0.369 e. The molecule has 3 aromatic rings. The number of nitrogens with one attached hydrogen (secondary N) is 1. The van der Waals surface area contributed by atoms with Crippen LogP contribution in [0, 0.1) is 6.92 Å². The molecule has 1 saturated heterocycles. The normalized spacial score (nSPS) is 15.5. The summed E-state index contributed by atoms with van der Waals surface area (Å²) in [6.07, 6.45) is 0.965. The van der Waals surface area contributed by atoms with Gasteiger partial charge in [0.05, 0.1) is 6.04 Å². The molecule has 164 valence electrons. The number of hydrogen-bond donors (Lipinski definition) is 1. The standard InChI is InChI=1S/C27H29N3O2/c1-19-5-4-6-23(17-19)21-7-9-22(10-8-21)27(32)28-24-11-13-25(14-12-24)30-16-15-26(18-30)29(3)20(2)31/h4-14,17,26H,15-16,18H2,1-3H3,(H,28,32). The van der Waals surface area contributed by atoms with Gasteiger partial charge in [0.1, 0.15) is 0 Å². The van der Waals surface area contributed by atoms with Gasteiger partial charge in [-0.3, -0.25) is 9.59 Å². The molecule has 0 radical (unpaired) electrons. The van der Waals surface area contributed by atoms with Gasteiger partial charge in [0.25, 0.3) is 5.91 Å². The SMILES string of the molecule is CC(=O)N(C)C1CCN(c2ccc(NC(=O)c3ccc(-c4cccc(C)c4)cc3)cc2)C1. The van der Waals surface area contributed by atoms with Gasteiger partial charge in [-0.05, 0) is 60.9 Å². The Balaban J connectivity index is 1.37. The smallest absolute Gasteiger partial charge is 0.255 e. The highest BCUT2D eigenvalue weighted by Crippen LogP contribution is 2.25. The summed E-state index contributed by atoms with van der Waals surface area (Å²) in [5, 5.41) is 2.98. The van der Waals surface area contributed by atoms with Crippen molar-refractivity contribution in [2.45, 2.75) is 26.3 Å². The molecule has 4 rings (SSSR count). The maximum atomic E-state index is 12.7. The number of amides is 2. The van der Waals surface area contributed by atoms with Crippen LogP contribution in [0.25, 0.3) is 11.1 Å². The molecular weight excluding hydrogens is 398 g/mol. The van der Waals surface area contributed by atoms with Crippen molar-refractivity contribution in [3.8, 4) is 11.1 Å². The number of aryl methyl sites for hydroxylation is 1. The zero-order chi connectivity index (χ0) is 22.7. The third-order valence-corrected chi connectivity index (χ3v) is 6.20. The van der Waals surface area contributed by atoms with Crippen molar-refractivity contribution in [3.63, 3.8) is 0 Å². The summed E-state index contributed by atoms with van der Waals surface area (Å²) in [5.74, 6) is -0.0281. The summed E-state index contributed by atoms with van der Waals surface area (Å²) in [7, 11) is 1.86. The van der Waals surface area contributed by atoms with Crippen molar-refractivity contribution in [2.75, 3.05) is 30.4 Å². The van der Waals surface area contributed by atoms with E-state index in [1.807, 2.05) is 66.5 Å². The largest absolute Gasteiger partial charge is 0.369 e. The van der Waals surface area contributed by atoms with E-state index in [1.54, 1.807) is 6.92 Å². The van der Waals surface area contributed by atoms with Crippen LogP contribution in [0.2, 0.25) is 0 Å². The van der Waals surface area contributed by atoms with E-state index >= 15 is 0 Å². The maximum Gasteiger partial charge on any atom is 0.255 e. The van der Waals surface area contributed by atoms with Crippen LogP contribution in [-0.4, -0.2) is 42.9 Å². The van der Waals surface area contributed by atoms with Gasteiger partial charge in [0.15, 0.2) is 0 Å². The quantitative estimate of drug-likeness (QED) is 0.625. The molecule has 0 saturated carbocycles. The van der Waals surface area contributed by atoms with Crippen LogP contribution in [0.5, 0.6) is 0 Å². The summed E-state index contributed by atoms with van der Waals surface area (Å²) in [4.78, 5) is 28.4. The fourth-order valence-corrected chi connectivity index (χ4v) is 4.15. The highest BCUT2D eigenvalue weighted by Gasteiger charge is 2.27. The zero-order valence-corrected chi connectivity index (χ0v) is 18.8. The van der Waals surface area contributed by atoms with Crippen molar-refractivity contribution in [3.05, 3.63) is 83.9 Å². The van der Waals surface area contributed by atoms with E-state index < -0.39 is 0 Å². The Kier molecular flexibility index (Phi) is 6.26. The predicted molar refractivity (Wildman–Crippen MR) is 130 cm³/mol. The molecule has 0 aromatic heterocycles. The molecule has 1 heterocycles. The average Bonchev–Trinajstić information content (AvgIpc) is 3.29. The van der Waals surface area contributed by atoms with Crippen LogP contribution in [0.3, 0.4) is 0 Å². The molecule has 0 bridgehead atoms. The first kappa shape index (κ1) is 21.6. The van der Waals surface area contributed by atoms with E-state index in [1.165, 1.54) is 5.56 Å². The molecule has 32 heavy (non-hydrogen) atoms. The number of anilines is 2. The first-order valence-corrected chi connectivity index (χ1v) is 11.0. The summed E-state index contributed by atoms with van der Waals surface area (Å²) in [6, 6.07) is 24.1. The van der Waals surface area contributed by atoms with E-state index in [-0.39, 0.29) is 17.9 Å². The molecule has 5 heteroatoms. The van der Waals surface area contributed by atoms with Crippen LogP contribution in [0.1, 0.15) is 29.3 Å². The zero-order valence-electron chi connectivity index (χ0n) is 18.8. The first-order chi connectivity index (χ1) is 15.4. The summed E-state index contributed by atoms with van der Waals surface area (Å²) >= 11 is 0. The number of hydrogen-bond acceptors (Lipinski definition) is 3. The number of benzene rings is 3. The molecule has 0 aliphatic carbocycles. The predicted octanol–water partition coefficient (Wildman–Crippen LogP) is 4.97. The maximum absolute atomic E-state index is 12.7. The first-order valence-electron chi connectivity index (χ1n) is 11.0. The van der Waals surface area contributed by atoms with E-state index in [0.717, 1.165) is 42.0 Å². The van der Waals surface area contributed by atoms with Crippen LogP contribution in [0.15, 0.2) is 72.8 Å². The van der Waals surface area contributed by atoms with Crippen LogP contribution in [0.4, 0.5) is 11.4 Å². The minimum atomic E-state index is -0.127. The van der Waals surface area contributed by atoms with Crippen molar-refractivity contribution in [2.24, 2.45) is 0 Å². The molecule has 1 aliphatic heterocycles. The van der Waals surface area contributed by atoms with E-state index in [9.17, 15) is 9.59 Å². The fraction of sp³-hybridized carbons (Fsp3) is 0.259. The molecule has 1 aliphatic rings. The molecule has 0 spiro atoms. The van der Waals surface area contributed by atoms with Gasteiger partial charge < -0.3 is 15.1 Å². The third kappa shape index (κ3) is 4.83. The lowest BCUT2D eigenvalue weighted by Gasteiger charge is -2.24. The van der Waals surface area contributed by atoms with Crippen molar-refractivity contribution in [1.29, 1.82) is 0 Å². The second-order valence-corrected chi connectivity index (χ2v) is 8.47. The van der Waals surface area contributed by atoms with E-state index in [0.29, 0.717) is 5.56 Å². The van der Waals surface area contributed by atoms with Crippen LogP contribution >= 0.6 is 0 Å². The number of likely N-dealkylation sites (N-methyl/N-ethyl adjacent to an activating group) is 1. The lowest BCUT2D eigenvalue weighted by atomic mass is 10.0. The van der Waals surface area contributed by atoms with Crippen molar-refractivity contribution < 1.29 is 9.59 Å². The Morgan fingerprint density at radius 3 is 2.34 bits per heavy atom. The minimum absolute atomic E-state index is 0.0989. The molecule has 1 fully saturated rings. The Morgan fingerprint density at radius 2 is 1.69 bits per heavy atom. The second-order valence-electron chi connectivity index (χ2n) is 8.47. The Morgan fingerprint density at radius 1 is 0.969 bits per heavy atom. The lowest BCUT2D eigenvalue weighted by molar-refractivity contribution is -0.129. The Bertz CT molecular complexity index is 1110. The number of carbonyl (C=O) groups excluding carboxylic acids is 2. The van der Waals surface area contributed by atoms with Gasteiger partial charge in [0.2, 0.25) is 5.91 Å². The van der Waals surface area contributed by atoms with Gasteiger partial charge in [-0.1, -0.05) is 42.0 Å². The van der Waals surface area contributed by atoms with Crippen LogP contribution in [-0.2, 0) is 4.79 Å². The Hall–Kier alpha value is -3.60. The van der Waals surface area contributed by atoms with Gasteiger partial charge in [0, 0.05) is 44.0 Å². The molecule has 1 atom stereocenters. The van der Waals surface area contributed by atoms with Crippen LogP contribution < -0.4 is 10.2 Å². The summed E-state index contributed by atoms with van der Waals surface area (Å²) < 4.78 is 0. The average molecular weight is 428 g/mol. The molecule has 3 aromatic carbocycles. The summed E-state index contributed by atoms with van der Waals surface area (Å²) in [6.45, 7) is 5.43. The summed E-state index contributed by atoms with van der Waals surface area (Å²) in [5.41, 5.74) is 5.94. The van der Waals surface area contributed by atoms with E-state index in [2.05, 4.69) is 35.3 Å². The number of carbonyl (C=O) groups is 2. The Labute approximate surface area is 189 Å². The lowest BCUT2D eigenvalue weighted by Crippen LogP contribution is -2.37. The molecular formula is C27H29N3O2. The molecule has 5 nitrogen and oxygen atoms in total. The second kappa shape index (κ2) is 9.27. The number of rotatable bonds is 5. The van der Waals surface area contributed by atoms with Crippen molar-refractivity contribution >= 4 is 23.2 Å². The number of nitrogens with zero attached hydrogens (tertiary/aromatic N) is 2. The van der Waals surface area contributed by atoms with E-state index in [4.69, 9.17) is 0 Å². The monoisotopic (exact) mass is 427 g/mol. The van der Waals surface area contributed by atoms with Gasteiger partial charge in [-0.15, -0.1) is 0 Å². The third-order valence-electron chi connectivity index (χ3n) is 6.20. The highest BCUT2D eigenvalue weighted by molar-refractivity contribution is 6.04.